The van der Waals surface area contributed by atoms with Gasteiger partial charge < -0.3 is 4.98 Å². The fraction of sp³-hybridized carbons (Fsp3) is 0. The van der Waals surface area contributed by atoms with Gasteiger partial charge in [-0.05, 0) is 12.1 Å². The van der Waals surface area contributed by atoms with Gasteiger partial charge in [0.05, 0.1) is 17.4 Å². The zero-order valence-electron chi connectivity index (χ0n) is 5.99. The van der Waals surface area contributed by atoms with Crippen molar-refractivity contribution in [1.29, 1.82) is 0 Å². The molecule has 58 valence electrons. The minimum Gasteiger partial charge on any atom is -0.345 e. The first-order valence-electron chi connectivity index (χ1n) is 3.18. The molecule has 2 aromatic rings. The molecule has 0 saturated heterocycles. The van der Waals surface area contributed by atoms with Crippen molar-refractivity contribution >= 4 is 11.0 Å². The molecule has 1 aromatic carbocycles. The van der Waals surface area contributed by atoms with E-state index in [2.05, 4.69) is 21.7 Å². The summed E-state index contributed by atoms with van der Waals surface area (Å²) in [6.45, 7) is 0. The molecule has 0 bridgehead atoms. The van der Waals surface area contributed by atoms with Gasteiger partial charge in [-0.3, -0.25) is 11.7 Å². The highest BCUT2D eigenvalue weighted by molar-refractivity contribution is 5.73. The number of nitrogens with zero attached hydrogens (tertiary/aromatic N) is 1. The third-order valence-corrected chi connectivity index (χ3v) is 1.33. The number of para-hydroxylation sites is 2. The average Bonchev–Trinajstić information content (AvgIpc) is 2.55. The summed E-state index contributed by atoms with van der Waals surface area (Å²) in [5, 5.41) is 0. The number of rotatable bonds is 0. The smallest absolute Gasteiger partial charge is 0.0931 e. The number of aromatic amines is 1. The van der Waals surface area contributed by atoms with Gasteiger partial charge in [0, 0.05) is 0 Å². The molecule has 5 N–H and O–H groups in total. The average molecular weight is 150 g/mol. The third kappa shape index (κ3) is 1.54. The van der Waals surface area contributed by atoms with Crippen LogP contribution in [0.4, 0.5) is 0 Å². The number of imidazole rings is 1. The first-order chi connectivity index (χ1) is 5.47. The first kappa shape index (κ1) is 7.71. The lowest BCUT2D eigenvalue weighted by molar-refractivity contribution is 1.26. The van der Waals surface area contributed by atoms with Crippen molar-refractivity contribution in [3.63, 3.8) is 0 Å². The van der Waals surface area contributed by atoms with E-state index in [1.807, 2.05) is 24.3 Å². The zero-order valence-corrected chi connectivity index (χ0v) is 5.99. The fourth-order valence-corrected chi connectivity index (χ4v) is 0.880. The summed E-state index contributed by atoms with van der Waals surface area (Å²) in [4.78, 5) is 7.07. The lowest BCUT2D eigenvalue weighted by atomic mass is 10.3. The molecule has 0 saturated carbocycles. The number of nitrogens with two attached hydrogens (primary N) is 2. The predicted octanol–water partition coefficient (Wildman–Crippen LogP) is 0.382. The topological polar surface area (TPSA) is 80.7 Å². The number of benzene rings is 1. The molecular weight excluding hydrogens is 140 g/mol. The Bertz CT molecular complexity index is 284. The van der Waals surface area contributed by atoms with Gasteiger partial charge in [0.25, 0.3) is 0 Å². The van der Waals surface area contributed by atoms with Crippen LogP contribution in [0.25, 0.3) is 11.0 Å². The van der Waals surface area contributed by atoms with Gasteiger partial charge in [-0.25, -0.2) is 4.98 Å². The van der Waals surface area contributed by atoms with Gasteiger partial charge in [0.1, 0.15) is 0 Å². The number of nitrogens with one attached hydrogen (secondary N) is 1. The van der Waals surface area contributed by atoms with Gasteiger partial charge in [0.15, 0.2) is 0 Å². The van der Waals surface area contributed by atoms with Crippen molar-refractivity contribution in [3.8, 4) is 0 Å². The van der Waals surface area contributed by atoms with Crippen molar-refractivity contribution in [2.45, 2.75) is 0 Å². The molecule has 0 spiro atoms. The second-order valence-electron chi connectivity index (χ2n) is 1.92. The number of hydrogen-bond acceptors (Lipinski definition) is 3. The lowest BCUT2D eigenvalue weighted by Gasteiger charge is -1.81. The first-order valence-corrected chi connectivity index (χ1v) is 3.18. The molecular formula is C7H10N4. The van der Waals surface area contributed by atoms with Gasteiger partial charge in [-0.15, -0.1) is 0 Å². The van der Waals surface area contributed by atoms with Crippen LogP contribution in [0.15, 0.2) is 30.6 Å². The van der Waals surface area contributed by atoms with Gasteiger partial charge in [-0.1, -0.05) is 12.1 Å². The molecule has 4 heteroatoms. The highest BCUT2D eigenvalue weighted by Gasteiger charge is 1.88. The van der Waals surface area contributed by atoms with E-state index < -0.39 is 0 Å². The molecule has 2 rings (SSSR count). The second kappa shape index (κ2) is 3.70. The monoisotopic (exact) mass is 150 g/mol. The van der Waals surface area contributed by atoms with Crippen LogP contribution in [0.3, 0.4) is 0 Å². The van der Waals surface area contributed by atoms with Crippen molar-refractivity contribution in [1.82, 2.24) is 9.97 Å². The molecule has 0 aliphatic heterocycles. The Morgan fingerprint density at radius 2 is 1.91 bits per heavy atom. The maximum atomic E-state index is 4.06. The van der Waals surface area contributed by atoms with Gasteiger partial charge >= 0.3 is 0 Å². The predicted molar refractivity (Wildman–Crippen MR) is 44.5 cm³/mol. The lowest BCUT2D eigenvalue weighted by Crippen LogP contribution is -2.02. The summed E-state index contributed by atoms with van der Waals surface area (Å²) in [5.74, 6) is 8.00. The van der Waals surface area contributed by atoms with Crippen molar-refractivity contribution in [2.75, 3.05) is 0 Å². The number of H-pyrrole nitrogens is 1. The summed E-state index contributed by atoms with van der Waals surface area (Å²) in [7, 11) is 0. The largest absolute Gasteiger partial charge is 0.345 e. The molecule has 0 unspecified atom stereocenters. The molecule has 4 nitrogen and oxygen atoms in total. The maximum Gasteiger partial charge on any atom is 0.0931 e. The van der Waals surface area contributed by atoms with Gasteiger partial charge in [0.2, 0.25) is 0 Å². The molecule has 0 fully saturated rings. The minimum atomic E-state index is 1.03. The number of aromatic nitrogens is 2. The molecule has 1 aromatic heterocycles. The second-order valence-corrected chi connectivity index (χ2v) is 1.92. The number of hydrogen-bond donors (Lipinski definition) is 3. The van der Waals surface area contributed by atoms with Crippen molar-refractivity contribution in [3.05, 3.63) is 30.6 Å². The Balaban J connectivity index is 0.000000281. The third-order valence-electron chi connectivity index (χ3n) is 1.33. The number of hydrazine groups is 1. The Kier molecular flexibility index (Phi) is 2.59. The van der Waals surface area contributed by atoms with E-state index in [1.54, 1.807) is 6.33 Å². The summed E-state index contributed by atoms with van der Waals surface area (Å²) in [5.41, 5.74) is 2.12. The SMILES string of the molecule is NN.c1ccc2[nH]cnc2c1. The fourth-order valence-electron chi connectivity index (χ4n) is 0.880. The standard InChI is InChI=1S/C7H6N2.H4N2/c1-2-4-7-6(3-1)8-5-9-7;1-2/h1-5H,(H,8,9);1-2H2. The van der Waals surface area contributed by atoms with Gasteiger partial charge in [-0.2, -0.15) is 0 Å². The Morgan fingerprint density at radius 3 is 2.64 bits per heavy atom. The molecule has 0 aliphatic carbocycles. The maximum absolute atomic E-state index is 4.06. The number of fused-ring (bicyclic) bond motifs is 1. The summed E-state index contributed by atoms with van der Waals surface area (Å²) in [6, 6.07) is 7.94. The molecule has 0 atom stereocenters. The van der Waals surface area contributed by atoms with Crippen LogP contribution < -0.4 is 11.7 Å². The molecule has 11 heavy (non-hydrogen) atoms. The molecule has 0 radical (unpaired) electrons. The highest BCUT2D eigenvalue weighted by Crippen LogP contribution is 2.05. The van der Waals surface area contributed by atoms with E-state index >= 15 is 0 Å². The Morgan fingerprint density at radius 1 is 1.18 bits per heavy atom. The van der Waals surface area contributed by atoms with Crippen LogP contribution >= 0.6 is 0 Å². The van der Waals surface area contributed by atoms with E-state index in [9.17, 15) is 0 Å². The van der Waals surface area contributed by atoms with E-state index in [-0.39, 0.29) is 0 Å². The van der Waals surface area contributed by atoms with E-state index in [0.717, 1.165) is 11.0 Å². The summed E-state index contributed by atoms with van der Waals surface area (Å²) >= 11 is 0. The van der Waals surface area contributed by atoms with E-state index in [4.69, 9.17) is 0 Å². The summed E-state index contributed by atoms with van der Waals surface area (Å²) < 4.78 is 0. The quantitative estimate of drug-likeness (QED) is 0.375. The van der Waals surface area contributed by atoms with E-state index in [0.29, 0.717) is 0 Å². The zero-order chi connectivity index (χ0) is 8.10. The Labute approximate surface area is 64.2 Å². The van der Waals surface area contributed by atoms with Crippen LogP contribution in [-0.2, 0) is 0 Å². The highest BCUT2D eigenvalue weighted by atomic mass is 15.0. The minimum absolute atomic E-state index is 1.03. The molecule has 1 heterocycles. The van der Waals surface area contributed by atoms with Crippen LogP contribution in [0.1, 0.15) is 0 Å². The van der Waals surface area contributed by atoms with Crippen LogP contribution in [0.2, 0.25) is 0 Å². The van der Waals surface area contributed by atoms with Crippen molar-refractivity contribution in [2.24, 2.45) is 11.7 Å². The molecule has 0 amide bonds. The normalized spacial score (nSPS) is 8.91. The van der Waals surface area contributed by atoms with E-state index in [1.165, 1.54) is 0 Å². The van der Waals surface area contributed by atoms with Crippen LogP contribution in [0, 0.1) is 0 Å². The van der Waals surface area contributed by atoms with Crippen LogP contribution in [0.5, 0.6) is 0 Å². The summed E-state index contributed by atoms with van der Waals surface area (Å²) in [6.07, 6.45) is 1.70. The molecule has 0 aliphatic rings. The van der Waals surface area contributed by atoms with Crippen LogP contribution in [-0.4, -0.2) is 9.97 Å². The Hall–Kier alpha value is -1.39. The van der Waals surface area contributed by atoms with Crippen molar-refractivity contribution < 1.29 is 0 Å².